The summed E-state index contributed by atoms with van der Waals surface area (Å²) in [5, 5.41) is 14.0. The molecule has 0 spiro atoms. The van der Waals surface area contributed by atoms with Crippen molar-refractivity contribution in [2.75, 3.05) is 19.6 Å². The number of hydrogen-bond acceptors (Lipinski definition) is 3. The Bertz CT molecular complexity index is 811. The lowest BCUT2D eigenvalue weighted by Crippen LogP contribution is -2.43. The highest BCUT2D eigenvalue weighted by molar-refractivity contribution is 14.0. The largest absolute Gasteiger partial charge is 0.357 e. The minimum Gasteiger partial charge on any atom is -0.357 e. The number of hydrogen-bond donors (Lipinski definition) is 3. The van der Waals surface area contributed by atoms with Gasteiger partial charge in [-0.2, -0.15) is 5.10 Å². The number of guanidine groups is 1. The van der Waals surface area contributed by atoms with Gasteiger partial charge in [0, 0.05) is 24.8 Å². The zero-order valence-corrected chi connectivity index (χ0v) is 21.0. The summed E-state index contributed by atoms with van der Waals surface area (Å²) in [7, 11) is 0. The van der Waals surface area contributed by atoms with Crippen molar-refractivity contribution in [1.82, 2.24) is 25.7 Å². The molecule has 1 aromatic heterocycles. The monoisotopic (exact) mass is 526 g/mol. The number of carbonyl (C=O) groups excluding carboxylic acids is 1. The first kappa shape index (κ1) is 25.9. The summed E-state index contributed by atoms with van der Waals surface area (Å²) in [5.41, 5.74) is 3.10. The van der Waals surface area contributed by atoms with E-state index in [2.05, 4.69) is 32.2 Å². The summed E-state index contributed by atoms with van der Waals surface area (Å²) >= 11 is 0. The number of nitrogens with one attached hydrogen (secondary N) is 3. The van der Waals surface area contributed by atoms with Gasteiger partial charge in [-0.15, -0.1) is 24.0 Å². The van der Waals surface area contributed by atoms with Crippen LogP contribution in [-0.2, 0) is 11.2 Å². The van der Waals surface area contributed by atoms with Gasteiger partial charge in [0.2, 0.25) is 5.91 Å². The van der Waals surface area contributed by atoms with Crippen LogP contribution in [0.4, 0.5) is 0 Å². The van der Waals surface area contributed by atoms with E-state index in [1.807, 2.05) is 69.6 Å². The minimum absolute atomic E-state index is 0. The summed E-state index contributed by atoms with van der Waals surface area (Å²) in [6.45, 7) is 11.5. The first-order chi connectivity index (χ1) is 13.8. The molecule has 0 radical (unpaired) electrons. The molecule has 0 atom stereocenters. The Kier molecular flexibility index (Phi) is 10.9. The number of carbonyl (C=O) groups is 1. The van der Waals surface area contributed by atoms with Gasteiger partial charge in [0.25, 0.3) is 0 Å². The summed E-state index contributed by atoms with van der Waals surface area (Å²) in [6, 6.07) is 10.1. The molecule has 1 aromatic carbocycles. The van der Waals surface area contributed by atoms with Gasteiger partial charge in [-0.05, 0) is 65.2 Å². The fraction of sp³-hybridized carbons (Fsp3) is 0.500. The van der Waals surface area contributed by atoms with E-state index < -0.39 is 0 Å². The van der Waals surface area contributed by atoms with Crippen molar-refractivity contribution in [3.63, 3.8) is 0 Å². The quantitative estimate of drug-likeness (QED) is 0.214. The van der Waals surface area contributed by atoms with Crippen LogP contribution in [0, 0.1) is 6.92 Å². The summed E-state index contributed by atoms with van der Waals surface area (Å²) in [5.74, 6) is 0.576. The second-order valence-corrected chi connectivity index (χ2v) is 8.04. The van der Waals surface area contributed by atoms with Gasteiger partial charge in [-0.25, -0.2) is 9.67 Å². The van der Waals surface area contributed by atoms with Crippen LogP contribution in [0.25, 0.3) is 5.69 Å². The molecule has 3 N–H and O–H groups in total. The van der Waals surface area contributed by atoms with Crippen LogP contribution in [0.5, 0.6) is 0 Å². The second-order valence-electron chi connectivity index (χ2n) is 8.04. The van der Waals surface area contributed by atoms with Crippen molar-refractivity contribution in [3.05, 3.63) is 47.8 Å². The van der Waals surface area contributed by atoms with Crippen LogP contribution in [0.1, 0.15) is 45.4 Å². The standard InChI is InChI=1S/C22H34N6O.HI/c1-6-23-21(25-15-20(29)26-22(3,4)5)24-14-10-11-18-16-28(27-17(18)2)19-12-8-7-9-13-19;/h7-9,12-13,16H,6,10-11,14-15H2,1-5H3,(H,26,29)(H2,23,24,25);1H. The predicted molar refractivity (Wildman–Crippen MR) is 134 cm³/mol. The second kappa shape index (κ2) is 12.6. The number of amides is 1. The number of aliphatic imine (C=N–C) groups is 1. The first-order valence-electron chi connectivity index (χ1n) is 10.2. The van der Waals surface area contributed by atoms with E-state index in [-0.39, 0.29) is 42.0 Å². The number of nitrogens with zero attached hydrogens (tertiary/aromatic N) is 3. The average Bonchev–Trinajstić information content (AvgIpc) is 3.03. The zero-order valence-electron chi connectivity index (χ0n) is 18.7. The molecule has 1 heterocycles. The molecule has 2 aromatic rings. The van der Waals surface area contributed by atoms with Gasteiger partial charge in [0.05, 0.1) is 11.4 Å². The van der Waals surface area contributed by atoms with E-state index in [0.717, 1.165) is 37.3 Å². The van der Waals surface area contributed by atoms with E-state index in [1.54, 1.807) is 0 Å². The van der Waals surface area contributed by atoms with Crippen molar-refractivity contribution >= 4 is 35.8 Å². The molecule has 0 saturated heterocycles. The van der Waals surface area contributed by atoms with E-state index in [1.165, 1.54) is 5.56 Å². The lowest BCUT2D eigenvalue weighted by atomic mass is 10.1. The molecule has 0 aliphatic carbocycles. The van der Waals surface area contributed by atoms with Gasteiger partial charge in [-0.1, -0.05) is 18.2 Å². The van der Waals surface area contributed by atoms with Gasteiger partial charge in [0.1, 0.15) is 6.54 Å². The third-order valence-electron chi connectivity index (χ3n) is 4.18. The van der Waals surface area contributed by atoms with Crippen molar-refractivity contribution in [2.45, 2.75) is 53.0 Å². The number of aryl methyl sites for hydroxylation is 2. The Labute approximate surface area is 197 Å². The summed E-state index contributed by atoms with van der Waals surface area (Å²) in [6.07, 6.45) is 3.97. The topological polar surface area (TPSA) is 83.3 Å². The fourth-order valence-corrected chi connectivity index (χ4v) is 2.89. The molecule has 7 nitrogen and oxygen atoms in total. The molecule has 1 amide bonds. The Morgan fingerprint density at radius 2 is 1.87 bits per heavy atom. The van der Waals surface area contributed by atoms with Crippen LogP contribution in [0.15, 0.2) is 41.5 Å². The molecule has 0 unspecified atom stereocenters. The third kappa shape index (κ3) is 9.15. The Morgan fingerprint density at radius 1 is 1.17 bits per heavy atom. The maximum Gasteiger partial charge on any atom is 0.242 e. The molecule has 2 rings (SSSR count). The third-order valence-corrected chi connectivity index (χ3v) is 4.18. The van der Waals surface area contributed by atoms with Gasteiger partial charge < -0.3 is 16.0 Å². The van der Waals surface area contributed by atoms with Gasteiger partial charge in [-0.3, -0.25) is 4.79 Å². The van der Waals surface area contributed by atoms with Crippen molar-refractivity contribution in [1.29, 1.82) is 0 Å². The smallest absolute Gasteiger partial charge is 0.242 e. The van der Waals surface area contributed by atoms with Crippen molar-refractivity contribution < 1.29 is 4.79 Å². The van der Waals surface area contributed by atoms with E-state index >= 15 is 0 Å². The van der Waals surface area contributed by atoms with Crippen LogP contribution >= 0.6 is 24.0 Å². The summed E-state index contributed by atoms with van der Waals surface area (Å²) in [4.78, 5) is 16.3. The number of benzene rings is 1. The minimum atomic E-state index is -0.250. The van der Waals surface area contributed by atoms with Crippen molar-refractivity contribution in [3.8, 4) is 5.69 Å². The maximum absolute atomic E-state index is 12.0. The molecule has 0 fully saturated rings. The first-order valence-corrected chi connectivity index (χ1v) is 10.2. The highest BCUT2D eigenvalue weighted by atomic mass is 127. The highest BCUT2D eigenvalue weighted by Crippen LogP contribution is 2.13. The molecule has 0 bridgehead atoms. The Morgan fingerprint density at radius 3 is 2.50 bits per heavy atom. The Hall–Kier alpha value is -2.10. The zero-order chi connectivity index (χ0) is 21.3. The normalized spacial score (nSPS) is 11.6. The summed E-state index contributed by atoms with van der Waals surface area (Å²) < 4.78 is 1.93. The Balaban J connectivity index is 0.00000450. The molecule has 30 heavy (non-hydrogen) atoms. The average molecular weight is 526 g/mol. The molecular formula is C22H35IN6O. The molecule has 166 valence electrons. The maximum atomic E-state index is 12.0. The fourth-order valence-electron chi connectivity index (χ4n) is 2.89. The number of aromatic nitrogens is 2. The van der Waals surface area contributed by atoms with Crippen LogP contribution in [0.3, 0.4) is 0 Å². The van der Waals surface area contributed by atoms with E-state index in [9.17, 15) is 4.79 Å². The lowest BCUT2D eigenvalue weighted by molar-refractivity contribution is -0.121. The predicted octanol–water partition coefficient (Wildman–Crippen LogP) is 3.20. The van der Waals surface area contributed by atoms with Crippen LogP contribution in [0.2, 0.25) is 0 Å². The van der Waals surface area contributed by atoms with E-state index in [4.69, 9.17) is 0 Å². The molecular weight excluding hydrogens is 491 g/mol. The van der Waals surface area contributed by atoms with Crippen LogP contribution in [-0.4, -0.2) is 46.8 Å². The lowest BCUT2D eigenvalue weighted by Gasteiger charge is -2.20. The number of halogens is 1. The highest BCUT2D eigenvalue weighted by Gasteiger charge is 2.13. The van der Waals surface area contributed by atoms with E-state index in [0.29, 0.717) is 5.96 Å². The van der Waals surface area contributed by atoms with Crippen molar-refractivity contribution in [2.24, 2.45) is 4.99 Å². The molecule has 8 heteroatoms. The molecule has 0 aliphatic heterocycles. The number of rotatable bonds is 8. The number of para-hydroxylation sites is 1. The molecule has 0 aliphatic rings. The SMILES string of the molecule is CCNC(=NCC(=O)NC(C)(C)C)NCCCc1cn(-c2ccccc2)nc1C.I. The van der Waals surface area contributed by atoms with Crippen LogP contribution < -0.4 is 16.0 Å². The van der Waals surface area contributed by atoms with Gasteiger partial charge >= 0.3 is 0 Å². The van der Waals surface area contributed by atoms with Gasteiger partial charge in [0.15, 0.2) is 5.96 Å². The molecule has 0 saturated carbocycles.